The van der Waals surface area contributed by atoms with Gasteiger partial charge in [-0.25, -0.2) is 0 Å². The number of hydrogen-bond acceptors (Lipinski definition) is 3. The molecule has 1 saturated heterocycles. The predicted octanol–water partition coefficient (Wildman–Crippen LogP) is 2.56. The average Bonchev–Trinajstić information content (AvgIpc) is 2.91. The first-order valence-electron chi connectivity index (χ1n) is 6.75. The fourth-order valence-electron chi connectivity index (χ4n) is 2.66. The number of rotatable bonds is 5. The number of methoxy groups -OCH3 is 2. The van der Waals surface area contributed by atoms with Gasteiger partial charge in [-0.2, -0.15) is 0 Å². The third-order valence-electron chi connectivity index (χ3n) is 3.69. The minimum Gasteiger partial charge on any atom is -0.496 e. The van der Waals surface area contributed by atoms with Crippen molar-refractivity contribution in [2.24, 2.45) is 0 Å². The second kappa shape index (κ2) is 6.10. The Morgan fingerprint density at radius 3 is 2.39 bits per heavy atom. The highest BCUT2D eigenvalue weighted by Gasteiger charge is 2.18. The Bertz CT molecular complexity index is 398. The molecule has 0 radical (unpaired) electrons. The lowest BCUT2D eigenvalue weighted by Crippen LogP contribution is -2.23. The lowest BCUT2D eigenvalue weighted by Gasteiger charge is -2.17. The van der Waals surface area contributed by atoms with Crippen molar-refractivity contribution >= 4 is 0 Å². The smallest absolute Gasteiger partial charge is 0.122 e. The molecule has 2 rings (SSSR count). The molecule has 1 aliphatic heterocycles. The van der Waals surface area contributed by atoms with Crippen LogP contribution in [0, 0.1) is 0 Å². The molecule has 0 amide bonds. The van der Waals surface area contributed by atoms with Crippen LogP contribution < -0.4 is 14.8 Å². The van der Waals surface area contributed by atoms with Gasteiger partial charge in [0.2, 0.25) is 0 Å². The van der Waals surface area contributed by atoms with Gasteiger partial charge in [0, 0.05) is 6.04 Å². The van der Waals surface area contributed by atoms with E-state index in [2.05, 4.69) is 24.4 Å². The average molecular weight is 249 g/mol. The van der Waals surface area contributed by atoms with Gasteiger partial charge in [0.15, 0.2) is 0 Å². The molecule has 0 bridgehead atoms. The Balaban J connectivity index is 2.26. The first kappa shape index (κ1) is 13.2. The second-order valence-electron chi connectivity index (χ2n) is 4.83. The normalized spacial score (nSPS) is 18.9. The zero-order chi connectivity index (χ0) is 13.0. The molecule has 1 N–H and O–H groups in total. The van der Waals surface area contributed by atoms with E-state index < -0.39 is 0 Å². The zero-order valence-corrected chi connectivity index (χ0v) is 11.6. The monoisotopic (exact) mass is 249 g/mol. The van der Waals surface area contributed by atoms with Gasteiger partial charge in [0.1, 0.15) is 11.5 Å². The Labute approximate surface area is 109 Å². The van der Waals surface area contributed by atoms with E-state index in [4.69, 9.17) is 9.47 Å². The van der Waals surface area contributed by atoms with Crippen LogP contribution in [0.25, 0.3) is 0 Å². The molecule has 1 unspecified atom stereocenters. The third-order valence-corrected chi connectivity index (χ3v) is 3.69. The van der Waals surface area contributed by atoms with Crippen molar-refractivity contribution in [3.8, 4) is 11.5 Å². The van der Waals surface area contributed by atoms with Crippen molar-refractivity contribution in [1.29, 1.82) is 0 Å². The second-order valence-corrected chi connectivity index (χ2v) is 4.83. The quantitative estimate of drug-likeness (QED) is 0.870. The highest BCUT2D eigenvalue weighted by molar-refractivity contribution is 5.47. The molecule has 1 aromatic carbocycles. The topological polar surface area (TPSA) is 30.5 Å². The van der Waals surface area contributed by atoms with E-state index in [-0.39, 0.29) is 0 Å². The summed E-state index contributed by atoms with van der Waals surface area (Å²) in [6.07, 6.45) is 4.50. The summed E-state index contributed by atoms with van der Waals surface area (Å²) in [7, 11) is 3.48. The zero-order valence-electron chi connectivity index (χ0n) is 11.6. The summed E-state index contributed by atoms with van der Waals surface area (Å²) in [5.74, 6) is 1.97. The van der Waals surface area contributed by atoms with Gasteiger partial charge in [-0.15, -0.1) is 0 Å². The number of ether oxygens (including phenoxy) is 2. The lowest BCUT2D eigenvalue weighted by molar-refractivity contribution is 0.393. The number of aryl methyl sites for hydroxylation is 1. The molecular weight excluding hydrogens is 226 g/mol. The Morgan fingerprint density at radius 1 is 1.17 bits per heavy atom. The van der Waals surface area contributed by atoms with Crippen molar-refractivity contribution in [2.75, 3.05) is 20.8 Å². The summed E-state index contributed by atoms with van der Waals surface area (Å²) in [6, 6.07) is 4.83. The van der Waals surface area contributed by atoms with Crippen molar-refractivity contribution in [3.05, 3.63) is 23.3 Å². The van der Waals surface area contributed by atoms with Crippen molar-refractivity contribution in [2.45, 2.75) is 38.6 Å². The predicted molar refractivity (Wildman–Crippen MR) is 73.7 cm³/mol. The fraction of sp³-hybridized carbons (Fsp3) is 0.600. The molecule has 1 aromatic rings. The molecule has 1 heterocycles. The van der Waals surface area contributed by atoms with Crippen LogP contribution in [0.3, 0.4) is 0 Å². The maximum atomic E-state index is 5.51. The van der Waals surface area contributed by atoms with Crippen molar-refractivity contribution in [1.82, 2.24) is 5.32 Å². The summed E-state index contributed by atoms with van der Waals surface area (Å²) in [5, 5.41) is 3.53. The maximum absolute atomic E-state index is 5.51. The van der Waals surface area contributed by atoms with Gasteiger partial charge in [0.25, 0.3) is 0 Å². The standard InChI is InChI=1S/C15H23NO2/c1-4-11-9-15(18-3)12(10-14(11)17-2)8-13-6-5-7-16-13/h9-10,13,16H,4-8H2,1-3H3. The van der Waals surface area contributed by atoms with Gasteiger partial charge in [-0.05, 0) is 55.5 Å². The fourth-order valence-corrected chi connectivity index (χ4v) is 2.66. The molecule has 0 aromatic heterocycles. The lowest BCUT2D eigenvalue weighted by atomic mass is 10.00. The van der Waals surface area contributed by atoms with Gasteiger partial charge < -0.3 is 14.8 Å². The van der Waals surface area contributed by atoms with Gasteiger partial charge in [0.05, 0.1) is 14.2 Å². The molecule has 1 atom stereocenters. The van der Waals surface area contributed by atoms with Gasteiger partial charge in [-0.1, -0.05) is 6.92 Å². The van der Waals surface area contributed by atoms with Crippen LogP contribution in [0.5, 0.6) is 11.5 Å². The van der Waals surface area contributed by atoms with E-state index >= 15 is 0 Å². The van der Waals surface area contributed by atoms with Gasteiger partial charge in [-0.3, -0.25) is 0 Å². The van der Waals surface area contributed by atoms with Gasteiger partial charge >= 0.3 is 0 Å². The first-order chi connectivity index (χ1) is 8.78. The van der Waals surface area contributed by atoms with E-state index in [0.717, 1.165) is 30.9 Å². The number of nitrogens with one attached hydrogen (secondary N) is 1. The van der Waals surface area contributed by atoms with Crippen LogP contribution in [0.4, 0.5) is 0 Å². The van der Waals surface area contributed by atoms with E-state index in [1.54, 1.807) is 14.2 Å². The van der Waals surface area contributed by atoms with Crippen molar-refractivity contribution in [3.63, 3.8) is 0 Å². The molecule has 18 heavy (non-hydrogen) atoms. The molecule has 3 nitrogen and oxygen atoms in total. The molecular formula is C15H23NO2. The highest BCUT2D eigenvalue weighted by atomic mass is 16.5. The molecule has 1 fully saturated rings. The summed E-state index contributed by atoms with van der Waals surface area (Å²) in [5.41, 5.74) is 2.45. The molecule has 0 aliphatic carbocycles. The number of benzene rings is 1. The number of hydrogen-bond donors (Lipinski definition) is 1. The SMILES string of the molecule is CCc1cc(OC)c(CC2CCCN2)cc1OC. The third kappa shape index (κ3) is 2.78. The van der Waals surface area contributed by atoms with Crippen LogP contribution in [-0.4, -0.2) is 26.8 Å². The van der Waals surface area contributed by atoms with Crippen LogP contribution in [0.2, 0.25) is 0 Å². The first-order valence-corrected chi connectivity index (χ1v) is 6.75. The van der Waals surface area contributed by atoms with E-state index in [1.807, 2.05) is 0 Å². The van der Waals surface area contributed by atoms with Crippen LogP contribution >= 0.6 is 0 Å². The Morgan fingerprint density at radius 2 is 1.83 bits per heavy atom. The molecule has 0 saturated carbocycles. The Hall–Kier alpha value is -1.22. The summed E-state index contributed by atoms with van der Waals surface area (Å²) < 4.78 is 11.0. The molecule has 0 spiro atoms. The highest BCUT2D eigenvalue weighted by Crippen LogP contribution is 2.30. The maximum Gasteiger partial charge on any atom is 0.122 e. The molecule has 1 aliphatic rings. The Kier molecular flexibility index (Phi) is 4.48. The molecule has 3 heteroatoms. The largest absolute Gasteiger partial charge is 0.496 e. The van der Waals surface area contributed by atoms with E-state index in [0.29, 0.717) is 6.04 Å². The van der Waals surface area contributed by atoms with E-state index in [1.165, 1.54) is 24.0 Å². The summed E-state index contributed by atoms with van der Waals surface area (Å²) in [6.45, 7) is 3.27. The summed E-state index contributed by atoms with van der Waals surface area (Å²) >= 11 is 0. The van der Waals surface area contributed by atoms with Crippen LogP contribution in [0.1, 0.15) is 30.9 Å². The van der Waals surface area contributed by atoms with Crippen LogP contribution in [-0.2, 0) is 12.8 Å². The molecule has 100 valence electrons. The van der Waals surface area contributed by atoms with E-state index in [9.17, 15) is 0 Å². The summed E-state index contributed by atoms with van der Waals surface area (Å²) in [4.78, 5) is 0. The minimum atomic E-state index is 0.580. The van der Waals surface area contributed by atoms with Crippen LogP contribution in [0.15, 0.2) is 12.1 Å². The van der Waals surface area contributed by atoms with Crippen molar-refractivity contribution < 1.29 is 9.47 Å². The minimum absolute atomic E-state index is 0.580.